The maximum absolute atomic E-state index is 11.5. The summed E-state index contributed by atoms with van der Waals surface area (Å²) in [6, 6.07) is 53.7. The van der Waals surface area contributed by atoms with Crippen LogP contribution in [-0.4, -0.2) is 11.9 Å². The summed E-state index contributed by atoms with van der Waals surface area (Å²) >= 11 is 0. The summed E-state index contributed by atoms with van der Waals surface area (Å²) in [7, 11) is 0. The summed E-state index contributed by atoms with van der Waals surface area (Å²) in [4.78, 5) is 27.6. The molecule has 0 heterocycles. The normalized spacial score (nSPS) is 10.6. The van der Waals surface area contributed by atoms with Crippen LogP contribution in [0.3, 0.4) is 0 Å². The van der Waals surface area contributed by atoms with Crippen molar-refractivity contribution in [3.8, 4) is 0 Å². The van der Waals surface area contributed by atoms with Crippen molar-refractivity contribution in [1.82, 2.24) is 0 Å². The summed E-state index contributed by atoms with van der Waals surface area (Å²) in [5, 5.41) is 0. The predicted molar refractivity (Wildman–Crippen MR) is 219 cm³/mol. The first-order valence-electron chi connectivity index (χ1n) is 18.1. The second kappa shape index (κ2) is 19.4. The summed E-state index contributed by atoms with van der Waals surface area (Å²) in [5.74, 6) is -0.880. The van der Waals surface area contributed by atoms with Crippen LogP contribution in [0.4, 0.5) is 22.7 Å². The maximum Gasteiger partial charge on any atom is 0.330 e. The number of esters is 2. The van der Waals surface area contributed by atoms with Crippen molar-refractivity contribution < 1.29 is 23.8 Å². The van der Waals surface area contributed by atoms with Crippen LogP contribution in [-0.2, 0) is 63.3 Å². The molecule has 0 aromatic heterocycles. The van der Waals surface area contributed by atoms with E-state index in [1.165, 1.54) is 23.3 Å². The molecule has 0 aliphatic heterocycles. The van der Waals surface area contributed by atoms with Gasteiger partial charge in [0.1, 0.15) is 13.2 Å². The van der Waals surface area contributed by atoms with Gasteiger partial charge < -0.3 is 24.0 Å². The molecule has 0 spiro atoms. The first-order valence-corrected chi connectivity index (χ1v) is 18.1. The Bertz CT molecular complexity index is 1980. The topological polar surface area (TPSA) is 68.3 Å². The van der Waals surface area contributed by atoms with Crippen molar-refractivity contribution in [3.63, 3.8) is 0 Å². The number of anilines is 4. The molecule has 0 aliphatic rings. The van der Waals surface area contributed by atoms with Crippen LogP contribution in [0.15, 0.2) is 183 Å². The van der Waals surface area contributed by atoms with Gasteiger partial charge in [-0.3, -0.25) is 0 Å². The number of ether oxygens (including phenoxy) is 3. The van der Waals surface area contributed by atoms with Gasteiger partial charge in [-0.2, -0.15) is 0 Å². The van der Waals surface area contributed by atoms with Crippen LogP contribution >= 0.6 is 0 Å². The van der Waals surface area contributed by atoms with E-state index in [-0.39, 0.29) is 13.2 Å². The quantitative estimate of drug-likeness (QED) is 0.0645. The maximum atomic E-state index is 11.5. The Kier molecular flexibility index (Phi) is 13.4. The molecule has 0 atom stereocenters. The van der Waals surface area contributed by atoms with Crippen molar-refractivity contribution >= 4 is 34.7 Å². The Labute approximate surface area is 323 Å². The van der Waals surface area contributed by atoms with E-state index < -0.39 is 11.9 Å². The lowest BCUT2D eigenvalue weighted by molar-refractivity contribution is -0.139. The van der Waals surface area contributed by atoms with Gasteiger partial charge in [0.2, 0.25) is 0 Å². The third kappa shape index (κ3) is 11.2. The smallest absolute Gasteiger partial charge is 0.330 e. The van der Waals surface area contributed by atoms with Crippen molar-refractivity contribution in [2.45, 2.75) is 39.5 Å². The SMILES string of the molecule is C=CC(=O)OCc1ccc(N(Cc2ccccc2)c2ccc(COCc3ccc(N(Cc4ccccc4)c4ccc(COC(=O)C=C)cc4)cc3)cc2)cc1. The first-order chi connectivity index (χ1) is 27.0. The highest BCUT2D eigenvalue weighted by Gasteiger charge is 2.13. The van der Waals surface area contributed by atoms with Gasteiger partial charge in [0, 0.05) is 48.0 Å². The van der Waals surface area contributed by atoms with Gasteiger partial charge in [-0.05, 0) is 81.9 Å². The lowest BCUT2D eigenvalue weighted by Crippen LogP contribution is -2.16. The molecule has 0 amide bonds. The van der Waals surface area contributed by atoms with E-state index in [1.54, 1.807) is 0 Å². The molecule has 276 valence electrons. The van der Waals surface area contributed by atoms with Crippen LogP contribution in [0.5, 0.6) is 0 Å². The summed E-state index contributed by atoms with van der Waals surface area (Å²) in [6.45, 7) is 9.66. The van der Waals surface area contributed by atoms with Crippen molar-refractivity contribution in [2.24, 2.45) is 0 Å². The fourth-order valence-electron chi connectivity index (χ4n) is 6.00. The van der Waals surface area contributed by atoms with E-state index in [0.29, 0.717) is 26.3 Å². The molecule has 7 nitrogen and oxygen atoms in total. The Balaban J connectivity index is 1.09. The monoisotopic (exact) mass is 728 g/mol. The zero-order valence-electron chi connectivity index (χ0n) is 30.8. The van der Waals surface area contributed by atoms with Crippen molar-refractivity contribution in [1.29, 1.82) is 0 Å². The zero-order chi connectivity index (χ0) is 38.2. The lowest BCUT2D eigenvalue weighted by Gasteiger charge is -2.26. The molecule has 55 heavy (non-hydrogen) atoms. The molecular weight excluding hydrogens is 685 g/mol. The lowest BCUT2D eigenvalue weighted by atomic mass is 10.1. The second-order valence-corrected chi connectivity index (χ2v) is 12.9. The van der Waals surface area contributed by atoms with Crippen LogP contribution in [0, 0.1) is 0 Å². The Morgan fingerprint density at radius 2 is 0.691 bits per heavy atom. The molecule has 6 aromatic carbocycles. The van der Waals surface area contributed by atoms with Gasteiger partial charge >= 0.3 is 11.9 Å². The standard InChI is InChI=1S/C48H44N2O5/c1-3-47(51)54-35-41-19-27-45(28-20-41)49(31-37-11-7-5-8-12-37)43-23-15-39(16-24-43)33-53-34-40-17-25-44(26-18-40)50(32-38-13-9-6-10-14-38)46-29-21-42(22-30-46)36-55-48(52)4-2/h3-30H,1-2,31-36H2. The third-order valence-electron chi connectivity index (χ3n) is 8.99. The number of hydrogen-bond donors (Lipinski definition) is 0. The Hall–Kier alpha value is -6.70. The average molecular weight is 729 g/mol. The van der Waals surface area contributed by atoms with Crippen molar-refractivity contribution in [3.05, 3.63) is 216 Å². The third-order valence-corrected chi connectivity index (χ3v) is 8.99. The molecule has 6 rings (SSSR count). The molecule has 0 fully saturated rings. The number of hydrogen-bond acceptors (Lipinski definition) is 7. The fourth-order valence-corrected chi connectivity index (χ4v) is 6.00. The Morgan fingerprint density at radius 1 is 0.400 bits per heavy atom. The molecule has 0 bridgehead atoms. The van der Waals surface area contributed by atoms with Crippen LogP contribution in [0.25, 0.3) is 0 Å². The van der Waals surface area contributed by atoms with Crippen LogP contribution in [0.2, 0.25) is 0 Å². The molecule has 0 N–H and O–H groups in total. The van der Waals surface area contributed by atoms with Crippen LogP contribution < -0.4 is 9.80 Å². The molecule has 0 unspecified atom stereocenters. The second-order valence-electron chi connectivity index (χ2n) is 12.9. The summed E-state index contributed by atoms with van der Waals surface area (Å²) in [6.07, 6.45) is 2.34. The van der Waals surface area contributed by atoms with Gasteiger partial charge in [0.05, 0.1) is 13.2 Å². The molecule has 0 radical (unpaired) electrons. The van der Waals surface area contributed by atoms with Crippen molar-refractivity contribution in [2.75, 3.05) is 9.80 Å². The van der Waals surface area contributed by atoms with E-state index in [2.05, 4.69) is 95.8 Å². The minimum absolute atomic E-state index is 0.197. The molecule has 7 heteroatoms. The average Bonchev–Trinajstić information content (AvgIpc) is 3.25. The highest BCUT2D eigenvalue weighted by atomic mass is 16.5. The van der Waals surface area contributed by atoms with E-state index >= 15 is 0 Å². The molecule has 0 aliphatic carbocycles. The number of carbonyl (C=O) groups excluding carboxylic acids is 2. The molecule has 0 saturated carbocycles. The van der Waals surface area contributed by atoms with Gasteiger partial charge in [0.25, 0.3) is 0 Å². The van der Waals surface area contributed by atoms with Gasteiger partial charge in [0.15, 0.2) is 0 Å². The number of rotatable bonds is 18. The fraction of sp³-hybridized carbons (Fsp3) is 0.125. The van der Waals surface area contributed by atoms with E-state index in [1.807, 2.05) is 84.9 Å². The minimum atomic E-state index is -0.440. The highest BCUT2D eigenvalue weighted by molar-refractivity contribution is 5.81. The van der Waals surface area contributed by atoms with Gasteiger partial charge in [-0.15, -0.1) is 0 Å². The zero-order valence-corrected chi connectivity index (χ0v) is 30.8. The van der Waals surface area contributed by atoms with Gasteiger partial charge in [-0.25, -0.2) is 9.59 Å². The number of nitrogens with zero attached hydrogens (tertiary/aromatic N) is 2. The molecule has 6 aromatic rings. The molecular formula is C48H44N2O5. The number of benzene rings is 6. The largest absolute Gasteiger partial charge is 0.458 e. The Morgan fingerprint density at radius 3 is 0.982 bits per heavy atom. The highest BCUT2D eigenvalue weighted by Crippen LogP contribution is 2.30. The van der Waals surface area contributed by atoms with E-state index in [4.69, 9.17) is 14.2 Å². The first kappa shape index (κ1) is 38.0. The van der Waals surface area contributed by atoms with E-state index in [9.17, 15) is 9.59 Å². The van der Waals surface area contributed by atoms with Crippen LogP contribution in [0.1, 0.15) is 33.4 Å². The summed E-state index contributed by atoms with van der Waals surface area (Å²) in [5.41, 5.74) is 10.5. The molecule has 0 saturated heterocycles. The minimum Gasteiger partial charge on any atom is -0.458 e. The van der Waals surface area contributed by atoms with E-state index in [0.717, 1.165) is 45.0 Å². The number of carbonyl (C=O) groups is 2. The predicted octanol–water partition coefficient (Wildman–Crippen LogP) is 10.5. The van der Waals surface area contributed by atoms with Gasteiger partial charge in [-0.1, -0.05) is 122 Å². The summed E-state index contributed by atoms with van der Waals surface area (Å²) < 4.78 is 16.6.